The van der Waals surface area contributed by atoms with Gasteiger partial charge in [0.2, 0.25) is 18.0 Å². The zero-order valence-corrected chi connectivity index (χ0v) is 9.37. The van der Waals surface area contributed by atoms with E-state index in [1.54, 1.807) is 18.4 Å². The Labute approximate surface area is 92.8 Å². The van der Waals surface area contributed by atoms with E-state index in [-0.39, 0.29) is 6.04 Å². The van der Waals surface area contributed by atoms with E-state index in [2.05, 4.69) is 0 Å². The number of rotatable bonds is 5. The van der Waals surface area contributed by atoms with Gasteiger partial charge in [-0.15, -0.1) is 0 Å². The Kier molecular flexibility index (Phi) is 4.55. The van der Waals surface area contributed by atoms with Crippen LogP contribution in [0.2, 0.25) is 0 Å². The van der Waals surface area contributed by atoms with Crippen molar-refractivity contribution in [2.24, 2.45) is 0 Å². The van der Waals surface area contributed by atoms with Crippen LogP contribution in [0.5, 0.6) is 0 Å². The van der Waals surface area contributed by atoms with Crippen LogP contribution in [0.25, 0.3) is 0 Å². The molecule has 0 saturated heterocycles. The zero-order valence-electron chi connectivity index (χ0n) is 8.55. The minimum atomic E-state index is -0.878. The number of carbonyl (C=O) groups is 1. The molecule has 0 aromatic heterocycles. The zero-order chi connectivity index (χ0) is 11.3. The third-order valence-corrected chi connectivity index (χ3v) is 2.99. The molecule has 82 valence electrons. The molecular formula is C10H14NO3S+. The molecule has 1 heterocycles. The van der Waals surface area contributed by atoms with E-state index < -0.39 is 5.97 Å². The number of carboxylic acid groups (broad SMARTS) is 1. The number of hydrogen-bond acceptors (Lipinski definition) is 3. The quantitative estimate of drug-likeness (QED) is 0.340. The number of hydrogen-bond donors (Lipinski definition) is 1. The maximum absolute atomic E-state index is 11.1. The summed E-state index contributed by atoms with van der Waals surface area (Å²) in [5, 5.41) is 10.4. The van der Waals surface area contributed by atoms with E-state index >= 15 is 0 Å². The fraction of sp³-hybridized carbons (Fsp3) is 0.500. The lowest BCUT2D eigenvalue weighted by atomic mass is 10.1. The molecule has 0 aromatic rings. The fourth-order valence-corrected chi connectivity index (χ4v) is 1.97. The van der Waals surface area contributed by atoms with Crippen molar-refractivity contribution < 1.29 is 14.1 Å². The highest BCUT2D eigenvalue weighted by molar-refractivity contribution is 7.96. The summed E-state index contributed by atoms with van der Waals surface area (Å²) in [5.41, 5.74) is 0.366. The SMILES string of the molecule is CC(=CCCCC1C=CS[N+]1=O)C(=O)O. The minimum Gasteiger partial charge on any atom is -0.478 e. The second-order valence-electron chi connectivity index (χ2n) is 3.41. The molecule has 4 nitrogen and oxygen atoms in total. The Balaban J connectivity index is 2.22. The van der Waals surface area contributed by atoms with Gasteiger partial charge in [0.05, 0.1) is 4.17 Å². The monoisotopic (exact) mass is 228 g/mol. The summed E-state index contributed by atoms with van der Waals surface area (Å²) in [7, 11) is 0. The Morgan fingerprint density at radius 2 is 2.40 bits per heavy atom. The summed E-state index contributed by atoms with van der Waals surface area (Å²) in [4.78, 5) is 21.6. The highest BCUT2D eigenvalue weighted by Crippen LogP contribution is 2.21. The van der Waals surface area contributed by atoms with E-state index in [0.717, 1.165) is 29.0 Å². The summed E-state index contributed by atoms with van der Waals surface area (Å²) in [6.07, 6.45) is 5.89. The van der Waals surface area contributed by atoms with Crippen molar-refractivity contribution in [1.29, 1.82) is 0 Å². The van der Waals surface area contributed by atoms with E-state index in [0.29, 0.717) is 12.0 Å². The Bertz CT molecular complexity index is 323. The fourth-order valence-electron chi connectivity index (χ4n) is 1.27. The van der Waals surface area contributed by atoms with Crippen LogP contribution in [0, 0.1) is 4.91 Å². The molecular weight excluding hydrogens is 214 g/mol. The summed E-state index contributed by atoms with van der Waals surface area (Å²) in [5.74, 6) is -0.878. The van der Waals surface area contributed by atoms with Crippen molar-refractivity contribution in [3.8, 4) is 0 Å². The average molecular weight is 228 g/mol. The van der Waals surface area contributed by atoms with Crippen LogP contribution in [-0.4, -0.2) is 21.3 Å². The molecule has 1 aliphatic heterocycles. The van der Waals surface area contributed by atoms with Crippen molar-refractivity contribution in [3.05, 3.63) is 28.0 Å². The smallest absolute Gasteiger partial charge is 0.330 e. The molecule has 0 bridgehead atoms. The lowest BCUT2D eigenvalue weighted by Gasteiger charge is -1.97. The Morgan fingerprint density at radius 1 is 1.67 bits per heavy atom. The van der Waals surface area contributed by atoms with Crippen LogP contribution in [0.1, 0.15) is 26.2 Å². The Hall–Kier alpha value is -1.10. The minimum absolute atomic E-state index is 0.0477. The number of unbranched alkanes of at least 4 members (excludes halogenated alkanes) is 1. The number of allylic oxidation sites excluding steroid dienone is 1. The largest absolute Gasteiger partial charge is 0.478 e. The predicted octanol–water partition coefficient (Wildman–Crippen LogP) is 2.51. The molecule has 0 fully saturated rings. The van der Waals surface area contributed by atoms with Crippen LogP contribution in [-0.2, 0) is 4.79 Å². The number of nitroso groups, excluding NO2 is 1. The summed E-state index contributed by atoms with van der Waals surface area (Å²) >= 11 is 1.16. The van der Waals surface area contributed by atoms with Crippen molar-refractivity contribution in [2.75, 3.05) is 0 Å². The second kappa shape index (κ2) is 5.70. The first kappa shape index (κ1) is 12.0. The molecule has 0 saturated carbocycles. The summed E-state index contributed by atoms with van der Waals surface area (Å²) in [6.45, 7) is 1.58. The standard InChI is InChI=1S/C10H13NO3S/c1-8(10(12)13)4-2-3-5-9-6-7-15-11(9)14/h4,6-7,9H,2-3,5H2,1H3/p+1. The van der Waals surface area contributed by atoms with Gasteiger partial charge in [-0.25, -0.2) is 4.79 Å². The number of nitrogens with zero attached hydrogens (tertiary/aromatic N) is 1. The van der Waals surface area contributed by atoms with Crippen LogP contribution in [0.15, 0.2) is 23.1 Å². The first-order valence-corrected chi connectivity index (χ1v) is 5.65. The highest BCUT2D eigenvalue weighted by atomic mass is 32.2. The third kappa shape index (κ3) is 3.87. The molecule has 0 aliphatic carbocycles. The summed E-state index contributed by atoms with van der Waals surface area (Å²) < 4.78 is 0.966. The highest BCUT2D eigenvalue weighted by Gasteiger charge is 2.27. The number of aliphatic carboxylic acids is 1. The molecule has 1 rings (SSSR count). The normalized spacial score (nSPS) is 21.0. The maximum atomic E-state index is 11.1. The lowest BCUT2D eigenvalue weighted by molar-refractivity contribution is -0.401. The average Bonchev–Trinajstić information content (AvgIpc) is 2.58. The predicted molar refractivity (Wildman–Crippen MR) is 59.4 cm³/mol. The van der Waals surface area contributed by atoms with E-state index in [9.17, 15) is 9.70 Å². The molecule has 1 N–H and O–H groups in total. The first-order chi connectivity index (χ1) is 7.11. The lowest BCUT2D eigenvalue weighted by Crippen LogP contribution is -2.11. The van der Waals surface area contributed by atoms with Crippen LogP contribution in [0.4, 0.5) is 0 Å². The molecule has 0 spiro atoms. The topological polar surface area (TPSA) is 57.4 Å². The van der Waals surface area contributed by atoms with Crippen molar-refractivity contribution in [1.82, 2.24) is 0 Å². The van der Waals surface area contributed by atoms with Gasteiger partial charge in [0.15, 0.2) is 0 Å². The van der Waals surface area contributed by atoms with Crippen molar-refractivity contribution in [2.45, 2.75) is 32.2 Å². The third-order valence-electron chi connectivity index (χ3n) is 2.23. The summed E-state index contributed by atoms with van der Waals surface area (Å²) in [6, 6.07) is -0.0477. The van der Waals surface area contributed by atoms with Gasteiger partial charge in [-0.05, 0) is 19.8 Å². The molecule has 1 unspecified atom stereocenters. The molecule has 15 heavy (non-hydrogen) atoms. The van der Waals surface area contributed by atoms with Crippen LogP contribution >= 0.6 is 11.9 Å². The van der Waals surface area contributed by atoms with E-state index in [1.165, 1.54) is 0 Å². The molecule has 1 aliphatic rings. The number of carboxylic acids is 1. The molecule has 0 radical (unpaired) electrons. The Morgan fingerprint density at radius 3 is 2.93 bits per heavy atom. The van der Waals surface area contributed by atoms with E-state index in [1.807, 2.05) is 6.08 Å². The van der Waals surface area contributed by atoms with Gasteiger partial charge in [0.1, 0.15) is 0 Å². The van der Waals surface area contributed by atoms with Crippen LogP contribution < -0.4 is 0 Å². The molecule has 1 atom stereocenters. The van der Waals surface area contributed by atoms with Gasteiger partial charge in [-0.2, -0.15) is 0 Å². The van der Waals surface area contributed by atoms with Gasteiger partial charge in [-0.3, -0.25) is 0 Å². The van der Waals surface area contributed by atoms with Gasteiger partial charge >= 0.3 is 5.97 Å². The second-order valence-corrected chi connectivity index (χ2v) is 4.25. The van der Waals surface area contributed by atoms with Crippen molar-refractivity contribution >= 4 is 17.9 Å². The molecule has 5 heteroatoms. The van der Waals surface area contributed by atoms with Gasteiger partial charge in [-0.1, -0.05) is 6.08 Å². The van der Waals surface area contributed by atoms with Gasteiger partial charge in [0.25, 0.3) is 0 Å². The molecule has 0 aromatic carbocycles. The van der Waals surface area contributed by atoms with E-state index in [4.69, 9.17) is 5.11 Å². The first-order valence-electron chi connectivity index (χ1n) is 4.81. The van der Waals surface area contributed by atoms with Crippen LogP contribution in [0.3, 0.4) is 0 Å². The molecule has 0 amide bonds. The van der Waals surface area contributed by atoms with Crippen molar-refractivity contribution in [3.63, 3.8) is 0 Å². The van der Waals surface area contributed by atoms with Gasteiger partial charge < -0.3 is 5.11 Å². The van der Waals surface area contributed by atoms with Gasteiger partial charge in [0, 0.05) is 28.4 Å². The maximum Gasteiger partial charge on any atom is 0.330 e.